The quantitative estimate of drug-likeness (QED) is 0.467. The smallest absolute Gasteiger partial charge is 0.324 e. The van der Waals surface area contributed by atoms with Crippen molar-refractivity contribution in [1.82, 2.24) is 0 Å². The van der Waals surface area contributed by atoms with Crippen LogP contribution in [0.4, 0.5) is 0 Å². The molecule has 11 heavy (non-hydrogen) atoms. The van der Waals surface area contributed by atoms with Crippen molar-refractivity contribution in [3.63, 3.8) is 0 Å². The molecule has 66 valence electrons. The lowest BCUT2D eigenvalue weighted by molar-refractivity contribution is -0.141. The van der Waals surface area contributed by atoms with E-state index in [1.165, 1.54) is 0 Å². The maximum atomic E-state index is 10.2. The predicted octanol–water partition coefficient (Wildman–Crippen LogP) is -1.32. The summed E-state index contributed by atoms with van der Waals surface area (Å²) in [5.74, 6) is -2.47. The Hall–Kier alpha value is -0.660. The minimum absolute atomic E-state index is 0.991. The third-order valence-electron chi connectivity index (χ3n) is 0.971. The van der Waals surface area contributed by atoms with Gasteiger partial charge in [0.15, 0.2) is 0 Å². The highest BCUT2D eigenvalue weighted by molar-refractivity contribution is 7.85. The van der Waals surface area contributed by atoms with Crippen LogP contribution in [0, 0.1) is 0 Å². The second-order valence-electron chi connectivity index (χ2n) is 2.45. The highest BCUT2D eigenvalue weighted by Crippen LogP contribution is 2.02. The van der Waals surface area contributed by atoms with Gasteiger partial charge in [-0.25, -0.2) is 0 Å². The van der Waals surface area contributed by atoms with Gasteiger partial charge in [-0.05, 0) is 6.92 Å². The van der Waals surface area contributed by atoms with Crippen molar-refractivity contribution in [3.8, 4) is 0 Å². The molecule has 0 saturated carbocycles. The fraction of sp³-hybridized carbons (Fsp3) is 0.750. The first-order chi connectivity index (χ1) is 4.65. The summed E-state index contributed by atoms with van der Waals surface area (Å²) in [5, 5.41) is 8.30. The molecular weight excluding hydrogens is 174 g/mol. The molecule has 0 aliphatic rings. The molecule has 0 unspecified atom stereocenters. The van der Waals surface area contributed by atoms with Gasteiger partial charge >= 0.3 is 5.97 Å². The van der Waals surface area contributed by atoms with E-state index in [2.05, 4.69) is 0 Å². The summed E-state index contributed by atoms with van der Waals surface area (Å²) in [5.41, 5.74) is 3.07. The first-order valence-electron chi connectivity index (χ1n) is 2.62. The number of hydrogen-bond donors (Lipinski definition) is 3. The van der Waals surface area contributed by atoms with Gasteiger partial charge in [-0.3, -0.25) is 9.35 Å². The molecule has 4 N–H and O–H groups in total. The van der Waals surface area contributed by atoms with Crippen LogP contribution in [-0.2, 0) is 14.9 Å². The van der Waals surface area contributed by atoms with E-state index in [0.717, 1.165) is 6.92 Å². The fourth-order valence-corrected chi connectivity index (χ4v) is 1.32. The molecule has 0 amide bonds. The molecule has 6 nitrogen and oxygen atoms in total. The van der Waals surface area contributed by atoms with Gasteiger partial charge in [-0.15, -0.1) is 0 Å². The Balaban J connectivity index is 4.51. The zero-order chi connectivity index (χ0) is 9.28. The van der Waals surface area contributed by atoms with Crippen LogP contribution in [-0.4, -0.2) is 35.3 Å². The van der Waals surface area contributed by atoms with Crippen molar-refractivity contribution in [2.75, 3.05) is 5.75 Å². The summed E-state index contributed by atoms with van der Waals surface area (Å²) in [7, 11) is -4.33. The summed E-state index contributed by atoms with van der Waals surface area (Å²) in [6.45, 7) is 1.00. The van der Waals surface area contributed by atoms with Gasteiger partial charge in [0.1, 0.15) is 11.3 Å². The van der Waals surface area contributed by atoms with Gasteiger partial charge in [-0.1, -0.05) is 0 Å². The minimum Gasteiger partial charge on any atom is -0.480 e. The molecule has 0 aromatic rings. The van der Waals surface area contributed by atoms with E-state index < -0.39 is 27.4 Å². The van der Waals surface area contributed by atoms with Gasteiger partial charge in [0.25, 0.3) is 10.1 Å². The van der Waals surface area contributed by atoms with Crippen LogP contribution in [0.15, 0.2) is 0 Å². The van der Waals surface area contributed by atoms with Crippen molar-refractivity contribution in [2.45, 2.75) is 12.5 Å². The topological polar surface area (TPSA) is 118 Å². The van der Waals surface area contributed by atoms with Crippen molar-refractivity contribution in [3.05, 3.63) is 0 Å². The Morgan fingerprint density at radius 1 is 1.64 bits per heavy atom. The molecule has 0 spiro atoms. The molecule has 0 heterocycles. The van der Waals surface area contributed by atoms with E-state index in [9.17, 15) is 13.2 Å². The Bertz CT molecular complexity index is 254. The van der Waals surface area contributed by atoms with Crippen LogP contribution in [0.3, 0.4) is 0 Å². The SMILES string of the molecule is C[C@@](N)(CS(=O)(=O)O)C(=O)O. The van der Waals surface area contributed by atoms with Crippen molar-refractivity contribution in [2.24, 2.45) is 5.73 Å². The largest absolute Gasteiger partial charge is 0.480 e. The number of carboxylic acid groups (broad SMARTS) is 1. The molecule has 0 aliphatic carbocycles. The Kier molecular flexibility index (Phi) is 2.60. The molecule has 1 atom stereocenters. The van der Waals surface area contributed by atoms with Crippen molar-refractivity contribution < 1.29 is 22.9 Å². The third kappa shape index (κ3) is 3.91. The molecule has 0 saturated heterocycles. The Morgan fingerprint density at radius 3 is 2.09 bits per heavy atom. The maximum absolute atomic E-state index is 10.2. The van der Waals surface area contributed by atoms with E-state index >= 15 is 0 Å². The maximum Gasteiger partial charge on any atom is 0.324 e. The summed E-state index contributed by atoms with van der Waals surface area (Å²) in [6.07, 6.45) is 0. The van der Waals surface area contributed by atoms with E-state index in [1.807, 2.05) is 0 Å². The highest BCUT2D eigenvalue weighted by Gasteiger charge is 2.33. The lowest BCUT2D eigenvalue weighted by Gasteiger charge is -2.15. The van der Waals surface area contributed by atoms with Crippen LogP contribution in [0.1, 0.15) is 6.92 Å². The first kappa shape index (κ1) is 10.3. The molecule has 7 heteroatoms. The van der Waals surface area contributed by atoms with Crippen LogP contribution in [0.2, 0.25) is 0 Å². The standard InChI is InChI=1S/C4H9NO5S/c1-4(5,3(6)7)2-11(8,9)10/h2,5H2,1H3,(H,6,7)(H,8,9,10)/t4-/m1/s1. The van der Waals surface area contributed by atoms with E-state index in [-0.39, 0.29) is 0 Å². The second kappa shape index (κ2) is 2.76. The Morgan fingerprint density at radius 2 is 2.00 bits per heavy atom. The second-order valence-corrected chi connectivity index (χ2v) is 3.90. The van der Waals surface area contributed by atoms with E-state index in [1.54, 1.807) is 0 Å². The summed E-state index contributed by atoms with van der Waals surface area (Å²) >= 11 is 0. The average Bonchev–Trinajstić information content (AvgIpc) is 1.56. The van der Waals surface area contributed by atoms with Crippen LogP contribution < -0.4 is 5.73 Å². The fourth-order valence-electron chi connectivity index (χ4n) is 0.441. The molecule has 0 fully saturated rings. The lowest BCUT2D eigenvalue weighted by Crippen LogP contribution is -2.50. The normalized spacial score (nSPS) is 17.4. The first-order valence-corrected chi connectivity index (χ1v) is 4.23. The van der Waals surface area contributed by atoms with E-state index in [4.69, 9.17) is 15.4 Å². The number of carboxylic acids is 1. The summed E-state index contributed by atoms with van der Waals surface area (Å²) in [4.78, 5) is 10.2. The predicted molar refractivity (Wildman–Crippen MR) is 36.6 cm³/mol. The van der Waals surface area contributed by atoms with Gasteiger partial charge < -0.3 is 10.8 Å². The van der Waals surface area contributed by atoms with E-state index in [0.29, 0.717) is 0 Å². The van der Waals surface area contributed by atoms with Crippen LogP contribution in [0.25, 0.3) is 0 Å². The van der Waals surface area contributed by atoms with Gasteiger partial charge in [-0.2, -0.15) is 8.42 Å². The number of carbonyl (C=O) groups is 1. The highest BCUT2D eigenvalue weighted by atomic mass is 32.2. The zero-order valence-electron chi connectivity index (χ0n) is 5.81. The number of aliphatic carboxylic acids is 1. The van der Waals surface area contributed by atoms with Gasteiger partial charge in [0.05, 0.1) is 0 Å². The summed E-state index contributed by atoms with van der Waals surface area (Å²) < 4.78 is 28.6. The molecule has 0 aromatic carbocycles. The molecule has 0 aliphatic heterocycles. The number of hydrogen-bond acceptors (Lipinski definition) is 4. The minimum atomic E-state index is -4.33. The molecule has 0 bridgehead atoms. The molecule has 0 rings (SSSR count). The summed E-state index contributed by atoms with van der Waals surface area (Å²) in [6, 6.07) is 0. The lowest BCUT2D eigenvalue weighted by atomic mass is 10.1. The zero-order valence-corrected chi connectivity index (χ0v) is 6.63. The van der Waals surface area contributed by atoms with Gasteiger partial charge in [0, 0.05) is 0 Å². The molecule has 0 radical (unpaired) electrons. The average molecular weight is 183 g/mol. The monoisotopic (exact) mass is 183 g/mol. The third-order valence-corrected chi connectivity index (χ3v) is 1.94. The Labute approximate surface area is 63.8 Å². The van der Waals surface area contributed by atoms with Gasteiger partial charge in [0.2, 0.25) is 0 Å². The molecule has 0 aromatic heterocycles. The van der Waals surface area contributed by atoms with Crippen molar-refractivity contribution in [1.29, 1.82) is 0 Å². The number of rotatable bonds is 3. The van der Waals surface area contributed by atoms with Crippen molar-refractivity contribution >= 4 is 16.1 Å². The van der Waals surface area contributed by atoms with Crippen LogP contribution >= 0.6 is 0 Å². The number of nitrogens with two attached hydrogens (primary N) is 1. The van der Waals surface area contributed by atoms with Crippen LogP contribution in [0.5, 0.6) is 0 Å². The molecular formula is C4H9NO5S.